The standard InChI is InChI=1S/C34H48FNO/c1-4-6-8-9-10-11-13-14-26-16-18-27(19-17-26)29-21-22-31(30(24-29)25-36)32-23-20-28(15-12-7-5-2)33(35)34(32)37-3/h20-24,26-27H,4-19H2,1-3H3. The smallest absolute Gasteiger partial charge is 0.168 e. The second-order valence-electron chi connectivity index (χ2n) is 11.1. The van der Waals surface area contributed by atoms with Crippen LogP contribution in [0, 0.1) is 23.1 Å². The van der Waals surface area contributed by atoms with Crippen molar-refractivity contribution in [3.05, 3.63) is 52.8 Å². The molecule has 0 spiro atoms. The summed E-state index contributed by atoms with van der Waals surface area (Å²) < 4.78 is 20.8. The predicted octanol–water partition coefficient (Wildman–Crippen LogP) is 10.5. The van der Waals surface area contributed by atoms with E-state index in [2.05, 4.69) is 26.0 Å². The molecular weight excluding hydrogens is 457 g/mol. The van der Waals surface area contributed by atoms with Crippen LogP contribution in [0.4, 0.5) is 4.39 Å². The zero-order valence-corrected chi connectivity index (χ0v) is 23.6. The van der Waals surface area contributed by atoms with Gasteiger partial charge in [-0.05, 0) is 67.6 Å². The summed E-state index contributed by atoms with van der Waals surface area (Å²) in [6, 6.07) is 12.4. The molecule has 0 heterocycles. The van der Waals surface area contributed by atoms with Crippen molar-refractivity contribution in [3.8, 4) is 22.9 Å². The number of rotatable bonds is 15. The van der Waals surface area contributed by atoms with Crippen molar-refractivity contribution in [1.82, 2.24) is 0 Å². The van der Waals surface area contributed by atoms with Gasteiger partial charge in [-0.1, -0.05) is 102 Å². The fourth-order valence-electron chi connectivity index (χ4n) is 6.08. The average molecular weight is 506 g/mol. The molecule has 2 aromatic rings. The second-order valence-corrected chi connectivity index (χ2v) is 11.1. The van der Waals surface area contributed by atoms with Crippen molar-refractivity contribution in [3.63, 3.8) is 0 Å². The Morgan fingerprint density at radius 3 is 2.16 bits per heavy atom. The molecule has 202 valence electrons. The minimum atomic E-state index is -0.289. The van der Waals surface area contributed by atoms with Crippen LogP contribution in [0.1, 0.15) is 133 Å². The number of aryl methyl sites for hydroxylation is 1. The average Bonchev–Trinajstić information content (AvgIpc) is 2.93. The number of halogens is 1. The lowest BCUT2D eigenvalue weighted by Gasteiger charge is -2.29. The summed E-state index contributed by atoms with van der Waals surface area (Å²) in [5, 5.41) is 9.98. The minimum absolute atomic E-state index is 0.254. The third-order valence-electron chi connectivity index (χ3n) is 8.42. The number of nitriles is 1. The third-order valence-corrected chi connectivity index (χ3v) is 8.42. The first kappa shape index (κ1) is 29.2. The molecule has 1 aliphatic rings. The lowest BCUT2D eigenvalue weighted by Crippen LogP contribution is -2.13. The molecular formula is C34H48FNO. The SMILES string of the molecule is CCCCCCCCCC1CCC(c2ccc(-c3ccc(CCCCC)c(F)c3OC)c(C#N)c2)CC1. The third kappa shape index (κ3) is 8.33. The van der Waals surface area contributed by atoms with Crippen molar-refractivity contribution >= 4 is 0 Å². The maximum atomic E-state index is 15.3. The van der Waals surface area contributed by atoms with E-state index in [0.29, 0.717) is 29.0 Å². The molecule has 0 saturated heterocycles. The minimum Gasteiger partial charge on any atom is -0.493 e. The van der Waals surface area contributed by atoms with E-state index in [1.165, 1.54) is 89.7 Å². The van der Waals surface area contributed by atoms with Crippen LogP contribution in [0.15, 0.2) is 30.3 Å². The van der Waals surface area contributed by atoms with E-state index in [4.69, 9.17) is 4.74 Å². The molecule has 2 aromatic carbocycles. The molecule has 0 aliphatic heterocycles. The molecule has 1 fully saturated rings. The van der Waals surface area contributed by atoms with Crippen LogP contribution >= 0.6 is 0 Å². The molecule has 0 unspecified atom stereocenters. The van der Waals surface area contributed by atoms with Gasteiger partial charge < -0.3 is 4.74 Å². The normalized spacial score (nSPS) is 17.5. The molecule has 0 N–H and O–H groups in total. The Morgan fingerprint density at radius 2 is 1.49 bits per heavy atom. The number of hydrogen-bond donors (Lipinski definition) is 0. The van der Waals surface area contributed by atoms with Gasteiger partial charge in [-0.3, -0.25) is 0 Å². The van der Waals surface area contributed by atoms with Gasteiger partial charge in [-0.25, -0.2) is 4.39 Å². The Bertz CT molecular complexity index is 1000. The predicted molar refractivity (Wildman–Crippen MR) is 154 cm³/mol. The molecule has 0 amide bonds. The van der Waals surface area contributed by atoms with Gasteiger partial charge in [0, 0.05) is 11.1 Å². The zero-order valence-electron chi connectivity index (χ0n) is 23.6. The summed E-state index contributed by atoms with van der Waals surface area (Å²) in [6.45, 7) is 4.42. The van der Waals surface area contributed by atoms with Crippen LogP contribution < -0.4 is 4.74 Å². The number of benzene rings is 2. The number of nitrogens with zero attached hydrogens (tertiary/aromatic N) is 1. The van der Waals surface area contributed by atoms with E-state index in [0.717, 1.165) is 30.7 Å². The van der Waals surface area contributed by atoms with Gasteiger partial charge in [0.15, 0.2) is 11.6 Å². The quantitative estimate of drug-likeness (QED) is 0.225. The molecule has 37 heavy (non-hydrogen) atoms. The van der Waals surface area contributed by atoms with Gasteiger partial charge in [-0.15, -0.1) is 0 Å². The molecule has 2 nitrogen and oxygen atoms in total. The number of hydrogen-bond acceptors (Lipinski definition) is 2. The van der Waals surface area contributed by atoms with Crippen LogP contribution in [-0.2, 0) is 6.42 Å². The van der Waals surface area contributed by atoms with E-state index < -0.39 is 0 Å². The highest BCUT2D eigenvalue weighted by Crippen LogP contribution is 2.41. The number of unbranched alkanes of at least 4 members (excludes halogenated alkanes) is 8. The van der Waals surface area contributed by atoms with E-state index in [-0.39, 0.29) is 11.6 Å². The second kappa shape index (κ2) is 15.8. The lowest BCUT2D eigenvalue weighted by atomic mass is 9.76. The largest absolute Gasteiger partial charge is 0.493 e. The van der Waals surface area contributed by atoms with E-state index in [1.807, 2.05) is 24.3 Å². The molecule has 0 atom stereocenters. The summed E-state index contributed by atoms with van der Waals surface area (Å²) in [5.41, 5.74) is 3.98. The van der Waals surface area contributed by atoms with Crippen LogP contribution in [0.5, 0.6) is 5.75 Å². The fourth-order valence-corrected chi connectivity index (χ4v) is 6.08. The summed E-state index contributed by atoms with van der Waals surface area (Å²) in [7, 11) is 1.52. The summed E-state index contributed by atoms with van der Waals surface area (Å²) in [6.07, 6.45) is 19.9. The zero-order chi connectivity index (χ0) is 26.5. The van der Waals surface area contributed by atoms with Crippen molar-refractivity contribution in [2.75, 3.05) is 7.11 Å². The first-order chi connectivity index (χ1) is 18.1. The van der Waals surface area contributed by atoms with E-state index in [9.17, 15) is 5.26 Å². The van der Waals surface area contributed by atoms with Gasteiger partial charge >= 0.3 is 0 Å². The van der Waals surface area contributed by atoms with Crippen LogP contribution in [-0.4, -0.2) is 7.11 Å². The Hall–Kier alpha value is -2.34. The first-order valence-electron chi connectivity index (χ1n) is 15.0. The first-order valence-corrected chi connectivity index (χ1v) is 15.0. The number of methoxy groups -OCH3 is 1. The van der Waals surface area contributed by atoms with Crippen molar-refractivity contribution < 1.29 is 9.13 Å². The van der Waals surface area contributed by atoms with E-state index in [1.54, 1.807) is 0 Å². The van der Waals surface area contributed by atoms with Crippen LogP contribution in [0.2, 0.25) is 0 Å². The van der Waals surface area contributed by atoms with Crippen molar-refractivity contribution in [2.24, 2.45) is 5.92 Å². The maximum absolute atomic E-state index is 15.3. The monoisotopic (exact) mass is 505 g/mol. The maximum Gasteiger partial charge on any atom is 0.168 e. The molecule has 1 aliphatic carbocycles. The molecule has 1 saturated carbocycles. The lowest BCUT2D eigenvalue weighted by molar-refractivity contribution is 0.302. The Labute approximate surface area is 225 Å². The number of ether oxygens (including phenoxy) is 1. The Morgan fingerprint density at radius 1 is 0.838 bits per heavy atom. The van der Waals surface area contributed by atoms with Gasteiger partial charge in [0.25, 0.3) is 0 Å². The molecule has 3 rings (SSSR count). The summed E-state index contributed by atoms with van der Waals surface area (Å²) >= 11 is 0. The highest BCUT2D eigenvalue weighted by Gasteiger charge is 2.24. The van der Waals surface area contributed by atoms with Gasteiger partial charge in [0.05, 0.1) is 18.7 Å². The van der Waals surface area contributed by atoms with Gasteiger partial charge in [-0.2, -0.15) is 5.26 Å². The highest BCUT2D eigenvalue weighted by atomic mass is 19.1. The van der Waals surface area contributed by atoms with Gasteiger partial charge in [0.2, 0.25) is 0 Å². The topological polar surface area (TPSA) is 33.0 Å². The molecule has 0 radical (unpaired) electrons. The summed E-state index contributed by atoms with van der Waals surface area (Å²) in [4.78, 5) is 0. The van der Waals surface area contributed by atoms with Crippen molar-refractivity contribution in [1.29, 1.82) is 5.26 Å². The van der Waals surface area contributed by atoms with Gasteiger partial charge in [0.1, 0.15) is 0 Å². The fraction of sp³-hybridized carbons (Fsp3) is 0.618. The van der Waals surface area contributed by atoms with Crippen LogP contribution in [0.3, 0.4) is 0 Å². The van der Waals surface area contributed by atoms with E-state index >= 15 is 4.39 Å². The molecule has 3 heteroatoms. The summed E-state index contributed by atoms with van der Waals surface area (Å²) in [5.74, 6) is 1.35. The van der Waals surface area contributed by atoms with Crippen LogP contribution in [0.25, 0.3) is 11.1 Å². The highest BCUT2D eigenvalue weighted by molar-refractivity contribution is 5.77. The molecule has 0 aromatic heterocycles. The Balaban J connectivity index is 1.61. The molecule has 0 bridgehead atoms. The Kier molecular flexibility index (Phi) is 12.5. The van der Waals surface area contributed by atoms with Crippen molar-refractivity contribution in [2.45, 2.75) is 122 Å².